The smallest absolute Gasteiger partial charge is 0.275 e. The second-order valence-electron chi connectivity index (χ2n) is 7.81. The largest absolute Gasteiger partial charge is 0.493 e. The number of methoxy groups -OCH3 is 2. The Kier molecular flexibility index (Phi) is 7.49. The van der Waals surface area contributed by atoms with Gasteiger partial charge in [0.15, 0.2) is 18.0 Å². The molecule has 29 heavy (non-hydrogen) atoms. The molecule has 3 N–H and O–H groups in total. The molecule has 2 aromatic rings. The summed E-state index contributed by atoms with van der Waals surface area (Å²) in [5.41, 5.74) is 3.71. The summed E-state index contributed by atoms with van der Waals surface area (Å²) >= 11 is 0. The van der Waals surface area contributed by atoms with Gasteiger partial charge in [0, 0.05) is 12.1 Å². The monoisotopic (exact) mass is 399 g/mol. The first-order valence-electron chi connectivity index (χ1n) is 10.3. The van der Waals surface area contributed by atoms with Crippen molar-refractivity contribution in [1.82, 2.24) is 5.32 Å². The van der Waals surface area contributed by atoms with Crippen LogP contribution in [0.25, 0.3) is 0 Å². The summed E-state index contributed by atoms with van der Waals surface area (Å²) in [6.07, 6.45) is 0. The van der Waals surface area contributed by atoms with Crippen molar-refractivity contribution < 1.29 is 24.1 Å². The number of hydrogen-bond donors (Lipinski definition) is 3. The molecule has 0 spiro atoms. The van der Waals surface area contributed by atoms with Crippen molar-refractivity contribution in [3.8, 4) is 11.5 Å². The van der Waals surface area contributed by atoms with E-state index in [2.05, 4.69) is 36.5 Å². The zero-order valence-corrected chi connectivity index (χ0v) is 17.7. The highest BCUT2D eigenvalue weighted by atomic mass is 16.5. The summed E-state index contributed by atoms with van der Waals surface area (Å²) in [4.78, 5) is 15.3. The summed E-state index contributed by atoms with van der Waals surface area (Å²) in [7, 11) is 3.23. The Morgan fingerprint density at radius 1 is 0.931 bits per heavy atom. The van der Waals surface area contributed by atoms with E-state index in [0.29, 0.717) is 24.6 Å². The molecule has 1 saturated heterocycles. The zero-order chi connectivity index (χ0) is 20.6. The lowest BCUT2D eigenvalue weighted by Crippen LogP contribution is -3.28. The van der Waals surface area contributed by atoms with E-state index in [1.807, 2.05) is 18.2 Å². The third-order valence-electron chi connectivity index (χ3n) is 5.55. The second kappa shape index (κ2) is 10.3. The van der Waals surface area contributed by atoms with E-state index in [9.17, 15) is 4.79 Å². The van der Waals surface area contributed by atoms with Gasteiger partial charge in [-0.3, -0.25) is 4.79 Å². The summed E-state index contributed by atoms with van der Waals surface area (Å²) < 4.78 is 10.6. The van der Waals surface area contributed by atoms with Gasteiger partial charge in [-0.15, -0.1) is 0 Å². The van der Waals surface area contributed by atoms with Crippen LogP contribution in [0.4, 0.5) is 0 Å². The first-order chi connectivity index (χ1) is 14.1. The van der Waals surface area contributed by atoms with E-state index in [-0.39, 0.29) is 5.91 Å². The summed E-state index contributed by atoms with van der Waals surface area (Å²) in [5.74, 6) is 1.47. The Hall–Kier alpha value is -2.57. The summed E-state index contributed by atoms with van der Waals surface area (Å²) in [6.45, 7) is 8.51. The topological polar surface area (TPSA) is 56.4 Å². The van der Waals surface area contributed by atoms with Crippen LogP contribution in [0.3, 0.4) is 0 Å². The van der Waals surface area contributed by atoms with Crippen molar-refractivity contribution in [3.05, 3.63) is 59.2 Å². The number of rotatable bonds is 8. The molecule has 3 rings (SSSR count). The van der Waals surface area contributed by atoms with E-state index in [1.54, 1.807) is 19.1 Å². The molecule has 1 aliphatic heterocycles. The van der Waals surface area contributed by atoms with Crippen LogP contribution in [0.15, 0.2) is 42.5 Å². The number of nitrogens with one attached hydrogen (secondary N) is 3. The maximum atomic E-state index is 12.4. The molecular weight excluding hydrogens is 366 g/mol. The van der Waals surface area contributed by atoms with Gasteiger partial charge in [-0.1, -0.05) is 35.9 Å². The van der Waals surface area contributed by atoms with Crippen molar-refractivity contribution >= 4 is 5.91 Å². The molecule has 6 heteroatoms. The minimum atomic E-state index is 0.0944. The minimum absolute atomic E-state index is 0.0944. The molecule has 0 radical (unpaired) electrons. The first kappa shape index (κ1) is 21.1. The normalized spacial score (nSPS) is 18.9. The van der Waals surface area contributed by atoms with E-state index in [4.69, 9.17) is 9.47 Å². The van der Waals surface area contributed by atoms with Crippen LogP contribution in [-0.4, -0.2) is 52.9 Å². The molecule has 0 aromatic heterocycles. The Labute approximate surface area is 173 Å². The van der Waals surface area contributed by atoms with Gasteiger partial charge >= 0.3 is 0 Å². The molecule has 1 heterocycles. The lowest BCUT2D eigenvalue weighted by atomic mass is 10.1. The van der Waals surface area contributed by atoms with Crippen LogP contribution in [0.1, 0.15) is 16.7 Å². The van der Waals surface area contributed by atoms with Gasteiger partial charge in [0.25, 0.3) is 5.91 Å². The minimum Gasteiger partial charge on any atom is -0.493 e. The average molecular weight is 400 g/mol. The van der Waals surface area contributed by atoms with E-state index < -0.39 is 0 Å². The Balaban J connectivity index is 1.40. The van der Waals surface area contributed by atoms with Crippen molar-refractivity contribution in [2.24, 2.45) is 0 Å². The summed E-state index contributed by atoms with van der Waals surface area (Å²) in [6, 6.07) is 14.5. The molecule has 2 aromatic carbocycles. The third-order valence-corrected chi connectivity index (χ3v) is 5.55. The van der Waals surface area contributed by atoms with Gasteiger partial charge in [0.05, 0.1) is 14.2 Å². The fourth-order valence-corrected chi connectivity index (χ4v) is 3.90. The number of aryl methyl sites for hydroxylation is 1. The van der Waals surface area contributed by atoms with Crippen molar-refractivity contribution in [2.45, 2.75) is 20.0 Å². The molecule has 0 atom stereocenters. The van der Waals surface area contributed by atoms with E-state index >= 15 is 0 Å². The molecule has 156 valence electrons. The number of carbonyl (C=O) groups excluding carboxylic acids is 1. The highest BCUT2D eigenvalue weighted by molar-refractivity contribution is 5.76. The average Bonchev–Trinajstić information content (AvgIpc) is 2.73. The number of carbonyl (C=O) groups is 1. The number of benzene rings is 2. The highest BCUT2D eigenvalue weighted by Crippen LogP contribution is 2.27. The summed E-state index contributed by atoms with van der Waals surface area (Å²) in [5, 5.41) is 3.03. The second-order valence-corrected chi connectivity index (χ2v) is 7.81. The zero-order valence-electron chi connectivity index (χ0n) is 17.7. The van der Waals surface area contributed by atoms with Crippen molar-refractivity contribution in [2.75, 3.05) is 46.9 Å². The SMILES string of the molecule is COc1ccc(CNC(=O)C[NH+]2CC[NH+](Cc3cccc(C)c3)CC2)cc1OC. The predicted octanol–water partition coefficient (Wildman–Crippen LogP) is -0.388. The molecule has 6 nitrogen and oxygen atoms in total. The number of ether oxygens (including phenoxy) is 2. The maximum absolute atomic E-state index is 12.4. The van der Waals surface area contributed by atoms with Crippen molar-refractivity contribution in [1.29, 1.82) is 0 Å². The van der Waals surface area contributed by atoms with Crippen LogP contribution < -0.4 is 24.6 Å². The highest BCUT2D eigenvalue weighted by Gasteiger charge is 2.24. The molecule has 1 aliphatic rings. The Bertz CT molecular complexity index is 817. The quantitative estimate of drug-likeness (QED) is 0.567. The Morgan fingerprint density at radius 2 is 1.66 bits per heavy atom. The van der Waals surface area contributed by atoms with Crippen LogP contribution in [0.2, 0.25) is 0 Å². The van der Waals surface area contributed by atoms with E-state index in [1.165, 1.54) is 16.0 Å². The Morgan fingerprint density at radius 3 is 2.34 bits per heavy atom. The van der Waals surface area contributed by atoms with Crippen LogP contribution in [0.5, 0.6) is 11.5 Å². The van der Waals surface area contributed by atoms with Crippen LogP contribution in [0, 0.1) is 6.92 Å². The lowest BCUT2D eigenvalue weighted by Gasteiger charge is -2.29. The third kappa shape index (κ3) is 6.21. The molecule has 1 amide bonds. The predicted molar refractivity (Wildman–Crippen MR) is 113 cm³/mol. The van der Waals surface area contributed by atoms with Gasteiger partial charge in [0.1, 0.15) is 32.7 Å². The molecule has 0 bridgehead atoms. The van der Waals surface area contributed by atoms with Gasteiger partial charge in [0.2, 0.25) is 0 Å². The molecule has 0 aliphatic carbocycles. The molecular formula is C23H33N3O3+2. The molecule has 0 saturated carbocycles. The number of hydrogen-bond acceptors (Lipinski definition) is 3. The number of quaternary nitrogens is 2. The fraction of sp³-hybridized carbons (Fsp3) is 0.435. The number of piperazine rings is 1. The van der Waals surface area contributed by atoms with Gasteiger partial charge in [-0.25, -0.2) is 0 Å². The lowest BCUT2D eigenvalue weighted by molar-refractivity contribution is -1.02. The number of amides is 1. The fourth-order valence-electron chi connectivity index (χ4n) is 3.90. The molecule has 1 fully saturated rings. The molecule has 0 unspecified atom stereocenters. The standard InChI is InChI=1S/C23H31N3O3/c1-18-5-4-6-20(13-18)16-25-9-11-26(12-10-25)17-23(27)24-15-19-7-8-21(28-2)22(14-19)29-3/h4-8,13-14H,9-12,15-17H2,1-3H3,(H,24,27)/p+2. The van der Waals surface area contributed by atoms with E-state index in [0.717, 1.165) is 38.3 Å². The van der Waals surface area contributed by atoms with Crippen LogP contribution in [-0.2, 0) is 17.9 Å². The maximum Gasteiger partial charge on any atom is 0.275 e. The van der Waals surface area contributed by atoms with Crippen LogP contribution >= 0.6 is 0 Å². The van der Waals surface area contributed by atoms with Gasteiger partial charge in [-0.05, 0) is 24.6 Å². The van der Waals surface area contributed by atoms with Gasteiger partial charge in [-0.2, -0.15) is 0 Å². The first-order valence-corrected chi connectivity index (χ1v) is 10.3. The van der Waals surface area contributed by atoms with Crippen molar-refractivity contribution in [3.63, 3.8) is 0 Å². The van der Waals surface area contributed by atoms with Gasteiger partial charge < -0.3 is 24.6 Å².